The van der Waals surface area contributed by atoms with Crippen LogP contribution in [0.2, 0.25) is 5.02 Å². The van der Waals surface area contributed by atoms with Crippen LogP contribution in [0.25, 0.3) is 0 Å². The largest absolute Gasteiger partial charge is 0.369 e. The molecule has 3 heteroatoms. The highest BCUT2D eigenvalue weighted by atomic mass is 35.5. The van der Waals surface area contributed by atoms with Crippen LogP contribution >= 0.6 is 11.6 Å². The SMILES string of the molecule is CC1CCCC(OC(CN)c2ccc(Cl)cc2)C1. The summed E-state index contributed by atoms with van der Waals surface area (Å²) in [5.41, 5.74) is 6.96. The van der Waals surface area contributed by atoms with Gasteiger partial charge in [-0.3, -0.25) is 0 Å². The zero-order valence-electron chi connectivity index (χ0n) is 10.9. The number of halogens is 1. The lowest BCUT2D eigenvalue weighted by molar-refractivity contribution is -0.0361. The van der Waals surface area contributed by atoms with Crippen LogP contribution in [0.4, 0.5) is 0 Å². The van der Waals surface area contributed by atoms with Crippen molar-refractivity contribution in [2.24, 2.45) is 11.7 Å². The van der Waals surface area contributed by atoms with E-state index in [4.69, 9.17) is 22.1 Å². The van der Waals surface area contributed by atoms with Crippen molar-refractivity contribution >= 4 is 11.6 Å². The monoisotopic (exact) mass is 267 g/mol. The molecule has 0 heterocycles. The Morgan fingerprint density at radius 2 is 2.06 bits per heavy atom. The van der Waals surface area contributed by atoms with Crippen molar-refractivity contribution < 1.29 is 4.74 Å². The molecule has 0 radical (unpaired) electrons. The van der Waals surface area contributed by atoms with Crippen LogP contribution in [0.3, 0.4) is 0 Å². The standard InChI is InChI=1S/C15H22ClNO/c1-11-3-2-4-14(9-11)18-15(10-17)12-5-7-13(16)8-6-12/h5-8,11,14-15H,2-4,9-10,17H2,1H3. The van der Waals surface area contributed by atoms with Gasteiger partial charge in [0.25, 0.3) is 0 Å². The quantitative estimate of drug-likeness (QED) is 0.897. The maximum atomic E-state index is 6.17. The molecule has 1 aliphatic rings. The molecule has 2 N–H and O–H groups in total. The molecule has 3 atom stereocenters. The topological polar surface area (TPSA) is 35.2 Å². The smallest absolute Gasteiger partial charge is 0.0950 e. The van der Waals surface area contributed by atoms with Gasteiger partial charge in [-0.05, 0) is 36.5 Å². The predicted octanol–water partition coefficient (Wildman–Crippen LogP) is 3.94. The van der Waals surface area contributed by atoms with Gasteiger partial charge in [-0.15, -0.1) is 0 Å². The van der Waals surface area contributed by atoms with Gasteiger partial charge in [-0.25, -0.2) is 0 Å². The van der Waals surface area contributed by atoms with Crippen molar-refractivity contribution in [2.45, 2.75) is 44.8 Å². The predicted molar refractivity (Wildman–Crippen MR) is 75.8 cm³/mol. The van der Waals surface area contributed by atoms with Crippen molar-refractivity contribution in [1.82, 2.24) is 0 Å². The minimum Gasteiger partial charge on any atom is -0.369 e. The summed E-state index contributed by atoms with van der Waals surface area (Å²) in [4.78, 5) is 0. The van der Waals surface area contributed by atoms with Gasteiger partial charge in [-0.2, -0.15) is 0 Å². The maximum Gasteiger partial charge on any atom is 0.0950 e. The third kappa shape index (κ3) is 3.71. The number of benzene rings is 1. The van der Waals surface area contributed by atoms with Crippen molar-refractivity contribution in [3.8, 4) is 0 Å². The van der Waals surface area contributed by atoms with Gasteiger partial charge in [0.15, 0.2) is 0 Å². The third-order valence-electron chi connectivity index (χ3n) is 3.70. The van der Waals surface area contributed by atoms with E-state index in [1.54, 1.807) is 0 Å². The van der Waals surface area contributed by atoms with E-state index in [1.807, 2.05) is 24.3 Å². The Balaban J connectivity index is 1.98. The highest BCUT2D eigenvalue weighted by Gasteiger charge is 2.23. The number of rotatable bonds is 4. The van der Waals surface area contributed by atoms with Crippen LogP contribution in [-0.4, -0.2) is 12.6 Å². The summed E-state index contributed by atoms with van der Waals surface area (Å²) in [6, 6.07) is 7.80. The summed E-state index contributed by atoms with van der Waals surface area (Å²) < 4.78 is 6.17. The molecule has 0 aliphatic heterocycles. The van der Waals surface area contributed by atoms with Crippen molar-refractivity contribution in [1.29, 1.82) is 0 Å². The second kappa shape index (κ2) is 6.55. The molecule has 0 amide bonds. The minimum absolute atomic E-state index is 0.00225. The highest BCUT2D eigenvalue weighted by molar-refractivity contribution is 6.30. The van der Waals surface area contributed by atoms with E-state index in [0.29, 0.717) is 12.6 Å². The van der Waals surface area contributed by atoms with Gasteiger partial charge >= 0.3 is 0 Å². The number of hydrogen-bond acceptors (Lipinski definition) is 2. The Morgan fingerprint density at radius 1 is 1.33 bits per heavy atom. The molecule has 1 fully saturated rings. The molecular weight excluding hydrogens is 246 g/mol. The fraction of sp³-hybridized carbons (Fsp3) is 0.600. The molecule has 3 unspecified atom stereocenters. The zero-order valence-corrected chi connectivity index (χ0v) is 11.7. The van der Waals surface area contributed by atoms with Crippen LogP contribution in [0.15, 0.2) is 24.3 Å². The van der Waals surface area contributed by atoms with E-state index in [9.17, 15) is 0 Å². The van der Waals surface area contributed by atoms with Crippen molar-refractivity contribution in [2.75, 3.05) is 6.54 Å². The average Bonchev–Trinajstić information content (AvgIpc) is 2.37. The normalized spacial score (nSPS) is 25.9. The first kappa shape index (κ1) is 13.9. The van der Waals surface area contributed by atoms with Gasteiger partial charge in [0.2, 0.25) is 0 Å². The molecule has 18 heavy (non-hydrogen) atoms. The van der Waals surface area contributed by atoms with E-state index < -0.39 is 0 Å². The molecule has 0 bridgehead atoms. The lowest BCUT2D eigenvalue weighted by Crippen LogP contribution is -2.26. The highest BCUT2D eigenvalue weighted by Crippen LogP contribution is 2.30. The fourth-order valence-electron chi connectivity index (χ4n) is 2.68. The average molecular weight is 268 g/mol. The number of hydrogen-bond donors (Lipinski definition) is 1. The first-order valence-electron chi connectivity index (χ1n) is 6.80. The Morgan fingerprint density at radius 3 is 2.67 bits per heavy atom. The molecular formula is C15H22ClNO. The van der Waals surface area contributed by atoms with Gasteiger partial charge in [0, 0.05) is 11.6 Å². The van der Waals surface area contributed by atoms with Crippen molar-refractivity contribution in [3.63, 3.8) is 0 Å². The van der Waals surface area contributed by atoms with Crippen LogP contribution < -0.4 is 5.73 Å². The van der Waals surface area contributed by atoms with Gasteiger partial charge < -0.3 is 10.5 Å². The van der Waals surface area contributed by atoms with Crippen molar-refractivity contribution in [3.05, 3.63) is 34.9 Å². The van der Waals surface area contributed by atoms with E-state index in [0.717, 1.165) is 29.3 Å². The molecule has 1 aliphatic carbocycles. The van der Waals surface area contributed by atoms with Gasteiger partial charge in [0.1, 0.15) is 0 Å². The van der Waals surface area contributed by atoms with Gasteiger partial charge in [0.05, 0.1) is 12.2 Å². The Kier molecular flexibility index (Phi) is 5.04. The molecule has 1 aromatic carbocycles. The van der Waals surface area contributed by atoms with Gasteiger partial charge in [-0.1, -0.05) is 43.5 Å². The van der Waals surface area contributed by atoms with E-state index >= 15 is 0 Å². The van der Waals surface area contributed by atoms with E-state index in [1.165, 1.54) is 12.8 Å². The van der Waals surface area contributed by atoms with Crippen LogP contribution in [-0.2, 0) is 4.74 Å². The van der Waals surface area contributed by atoms with Crippen LogP contribution in [0.5, 0.6) is 0 Å². The molecule has 0 saturated heterocycles. The molecule has 0 aromatic heterocycles. The summed E-state index contributed by atoms with van der Waals surface area (Å²) in [5, 5.41) is 0.751. The molecule has 100 valence electrons. The first-order valence-corrected chi connectivity index (χ1v) is 7.18. The molecule has 2 nitrogen and oxygen atoms in total. The maximum absolute atomic E-state index is 6.17. The van der Waals surface area contributed by atoms with Crippen LogP contribution in [0, 0.1) is 5.92 Å². The molecule has 1 saturated carbocycles. The second-order valence-corrected chi connectivity index (χ2v) is 5.74. The minimum atomic E-state index is -0.00225. The molecule has 1 aromatic rings. The second-order valence-electron chi connectivity index (χ2n) is 5.31. The summed E-state index contributed by atoms with van der Waals surface area (Å²) in [6.07, 6.45) is 5.27. The first-order chi connectivity index (χ1) is 8.69. The summed E-state index contributed by atoms with van der Waals surface area (Å²) in [7, 11) is 0. The Bertz CT molecular complexity index is 365. The Hall–Kier alpha value is -0.570. The molecule has 2 rings (SSSR count). The Labute approximate surface area is 114 Å². The lowest BCUT2D eigenvalue weighted by atomic mass is 9.88. The zero-order chi connectivity index (χ0) is 13.0. The lowest BCUT2D eigenvalue weighted by Gasteiger charge is -2.30. The number of ether oxygens (including phenoxy) is 1. The fourth-order valence-corrected chi connectivity index (χ4v) is 2.81. The summed E-state index contributed by atoms with van der Waals surface area (Å²) >= 11 is 5.90. The molecule has 0 spiro atoms. The summed E-state index contributed by atoms with van der Waals surface area (Å²) in [6.45, 7) is 2.82. The van der Waals surface area contributed by atoms with E-state index in [-0.39, 0.29) is 6.10 Å². The number of nitrogens with two attached hydrogens (primary N) is 1. The van der Waals surface area contributed by atoms with Crippen LogP contribution in [0.1, 0.15) is 44.3 Å². The third-order valence-corrected chi connectivity index (χ3v) is 3.95. The van der Waals surface area contributed by atoms with E-state index in [2.05, 4.69) is 6.92 Å². The summed E-state index contributed by atoms with van der Waals surface area (Å²) in [5.74, 6) is 0.771.